The number of fused-ring (bicyclic) bond motifs is 1. The number of benzene rings is 3. The summed E-state index contributed by atoms with van der Waals surface area (Å²) in [6.45, 7) is 4.14. The normalized spacial score (nSPS) is 13.5. The fourth-order valence-corrected chi connectivity index (χ4v) is 4.95. The van der Waals surface area contributed by atoms with Gasteiger partial charge in [-0.1, -0.05) is 24.3 Å². The Morgan fingerprint density at radius 2 is 1.73 bits per heavy atom. The molecule has 1 amide bonds. The zero-order chi connectivity index (χ0) is 28.2. The molecule has 0 saturated carbocycles. The second-order valence-electron chi connectivity index (χ2n) is 10.4. The first kappa shape index (κ1) is 26.5. The Hall–Kier alpha value is -4.73. The van der Waals surface area contributed by atoms with Gasteiger partial charge in [-0.2, -0.15) is 0 Å². The molecular formula is C32H33N7O2. The van der Waals surface area contributed by atoms with E-state index in [1.54, 1.807) is 6.20 Å². The van der Waals surface area contributed by atoms with E-state index in [2.05, 4.69) is 49.7 Å². The number of carbonyl (C=O) groups excluding carboxylic acids is 1. The molecule has 41 heavy (non-hydrogen) atoms. The van der Waals surface area contributed by atoms with Crippen LogP contribution in [0.15, 0.2) is 91.4 Å². The van der Waals surface area contributed by atoms with Crippen LogP contribution in [0.2, 0.25) is 0 Å². The van der Waals surface area contributed by atoms with Crippen LogP contribution in [0.25, 0.3) is 16.9 Å². The third-order valence-corrected chi connectivity index (χ3v) is 7.01. The number of morpholine rings is 1. The smallest absolute Gasteiger partial charge is 0.255 e. The maximum atomic E-state index is 13.1. The van der Waals surface area contributed by atoms with E-state index in [0.717, 1.165) is 61.1 Å². The van der Waals surface area contributed by atoms with Gasteiger partial charge in [0.2, 0.25) is 0 Å². The zero-order valence-electron chi connectivity index (χ0n) is 23.2. The first-order valence-electron chi connectivity index (χ1n) is 13.7. The fraction of sp³-hybridized carbons (Fsp3) is 0.219. The minimum absolute atomic E-state index is 0.172. The second-order valence-corrected chi connectivity index (χ2v) is 10.4. The van der Waals surface area contributed by atoms with E-state index >= 15 is 0 Å². The van der Waals surface area contributed by atoms with Crippen LogP contribution in [0.5, 0.6) is 0 Å². The molecular weight excluding hydrogens is 514 g/mol. The van der Waals surface area contributed by atoms with Crippen molar-refractivity contribution in [2.75, 3.05) is 55.9 Å². The summed E-state index contributed by atoms with van der Waals surface area (Å²) >= 11 is 0. The lowest BCUT2D eigenvalue weighted by Gasteiger charge is -2.28. The molecule has 2 N–H and O–H groups in total. The van der Waals surface area contributed by atoms with E-state index in [-0.39, 0.29) is 5.91 Å². The van der Waals surface area contributed by atoms with Gasteiger partial charge in [-0.15, -0.1) is 0 Å². The van der Waals surface area contributed by atoms with Gasteiger partial charge in [-0.25, -0.2) is 9.97 Å². The van der Waals surface area contributed by atoms with Gasteiger partial charge in [0.05, 0.1) is 18.9 Å². The molecule has 1 saturated heterocycles. The fourth-order valence-electron chi connectivity index (χ4n) is 4.95. The average molecular weight is 548 g/mol. The van der Waals surface area contributed by atoms with Gasteiger partial charge in [-0.05, 0) is 68.2 Å². The van der Waals surface area contributed by atoms with Crippen molar-refractivity contribution in [2.45, 2.75) is 6.54 Å². The van der Waals surface area contributed by atoms with Gasteiger partial charge in [0.1, 0.15) is 0 Å². The highest BCUT2D eigenvalue weighted by Gasteiger charge is 2.14. The number of amides is 1. The molecule has 2 aromatic heterocycles. The van der Waals surface area contributed by atoms with Crippen molar-refractivity contribution in [3.63, 3.8) is 0 Å². The van der Waals surface area contributed by atoms with Crippen LogP contribution in [0.1, 0.15) is 15.9 Å². The predicted molar refractivity (Wildman–Crippen MR) is 163 cm³/mol. The minimum Gasteiger partial charge on any atom is -0.378 e. The van der Waals surface area contributed by atoms with Crippen LogP contribution < -0.4 is 15.5 Å². The third kappa shape index (κ3) is 6.21. The molecule has 1 fully saturated rings. The number of anilines is 4. The monoisotopic (exact) mass is 547 g/mol. The predicted octanol–water partition coefficient (Wildman–Crippen LogP) is 5.29. The standard InChI is InChI=1S/C32H33N7O2/c1-37(2)21-23-6-8-27(9-7-23)35-32(40)25-5-3-4-24(20-25)29-22-39-15-14-33-31(39)30(36-29)34-26-10-12-28(13-11-26)38-16-18-41-19-17-38/h3-15,20,22H,16-19,21H2,1-2H3,(H,34,36)(H,35,40). The van der Waals surface area contributed by atoms with Gasteiger partial charge in [0, 0.05) is 66.4 Å². The SMILES string of the molecule is CN(C)Cc1ccc(NC(=O)c2cccc(-c3cn4ccnc4c(Nc4ccc(N5CCOCC5)cc4)n3)c2)cc1. The first-order chi connectivity index (χ1) is 20.0. The summed E-state index contributed by atoms with van der Waals surface area (Å²) in [7, 11) is 4.07. The van der Waals surface area contributed by atoms with E-state index in [4.69, 9.17) is 9.72 Å². The van der Waals surface area contributed by atoms with Crippen LogP contribution in [0.4, 0.5) is 22.9 Å². The number of hydrogen-bond donors (Lipinski definition) is 2. The summed E-state index contributed by atoms with van der Waals surface area (Å²) in [4.78, 5) is 26.9. The second kappa shape index (κ2) is 11.8. The van der Waals surface area contributed by atoms with Crippen molar-refractivity contribution in [3.8, 4) is 11.3 Å². The molecule has 208 valence electrons. The van der Waals surface area contributed by atoms with E-state index in [0.29, 0.717) is 11.4 Å². The quantitative estimate of drug-likeness (QED) is 0.273. The van der Waals surface area contributed by atoms with Crippen LogP contribution in [0, 0.1) is 0 Å². The molecule has 9 nitrogen and oxygen atoms in total. The average Bonchev–Trinajstić information content (AvgIpc) is 3.48. The van der Waals surface area contributed by atoms with Crippen molar-refractivity contribution in [1.29, 1.82) is 0 Å². The number of carbonyl (C=O) groups is 1. The highest BCUT2D eigenvalue weighted by atomic mass is 16.5. The molecule has 9 heteroatoms. The van der Waals surface area contributed by atoms with Crippen LogP contribution in [0.3, 0.4) is 0 Å². The molecule has 0 bridgehead atoms. The lowest BCUT2D eigenvalue weighted by molar-refractivity contribution is 0.102. The van der Waals surface area contributed by atoms with Gasteiger partial charge < -0.3 is 29.6 Å². The molecule has 5 aromatic rings. The number of aromatic nitrogens is 3. The van der Waals surface area contributed by atoms with Crippen molar-refractivity contribution in [1.82, 2.24) is 19.3 Å². The summed E-state index contributed by atoms with van der Waals surface area (Å²) in [5, 5.41) is 6.44. The topological polar surface area (TPSA) is 87.0 Å². The molecule has 0 unspecified atom stereocenters. The molecule has 0 atom stereocenters. The summed E-state index contributed by atoms with van der Waals surface area (Å²) in [6, 6.07) is 23.7. The van der Waals surface area contributed by atoms with Crippen molar-refractivity contribution >= 4 is 34.4 Å². The van der Waals surface area contributed by atoms with E-state index in [1.807, 2.05) is 79.4 Å². The number of rotatable bonds is 8. The highest BCUT2D eigenvalue weighted by molar-refractivity contribution is 6.05. The molecule has 1 aliphatic rings. The van der Waals surface area contributed by atoms with E-state index in [9.17, 15) is 4.79 Å². The van der Waals surface area contributed by atoms with Crippen LogP contribution in [-0.2, 0) is 11.3 Å². The van der Waals surface area contributed by atoms with Crippen LogP contribution in [-0.4, -0.2) is 65.6 Å². The number of imidazole rings is 1. The lowest BCUT2D eigenvalue weighted by Crippen LogP contribution is -2.36. The Morgan fingerprint density at radius 1 is 0.976 bits per heavy atom. The summed E-state index contributed by atoms with van der Waals surface area (Å²) in [5.74, 6) is 0.467. The number of nitrogens with one attached hydrogen (secondary N) is 2. The van der Waals surface area contributed by atoms with Gasteiger partial charge in [0.25, 0.3) is 5.91 Å². The van der Waals surface area contributed by atoms with Gasteiger partial charge >= 0.3 is 0 Å². The number of nitrogens with zero attached hydrogens (tertiary/aromatic N) is 5. The number of ether oxygens (including phenoxy) is 1. The van der Waals surface area contributed by atoms with Crippen molar-refractivity contribution in [3.05, 3.63) is 103 Å². The Labute approximate surface area is 239 Å². The van der Waals surface area contributed by atoms with Crippen molar-refractivity contribution in [2.24, 2.45) is 0 Å². The Bertz CT molecular complexity index is 1640. The molecule has 3 aromatic carbocycles. The van der Waals surface area contributed by atoms with Crippen LogP contribution >= 0.6 is 0 Å². The summed E-state index contributed by atoms with van der Waals surface area (Å²) < 4.78 is 7.41. The molecule has 3 heterocycles. The van der Waals surface area contributed by atoms with Crippen molar-refractivity contribution < 1.29 is 9.53 Å². The van der Waals surface area contributed by atoms with E-state index in [1.165, 1.54) is 11.3 Å². The highest BCUT2D eigenvalue weighted by Crippen LogP contribution is 2.27. The summed E-state index contributed by atoms with van der Waals surface area (Å²) in [6.07, 6.45) is 5.57. The van der Waals surface area contributed by atoms with E-state index < -0.39 is 0 Å². The minimum atomic E-state index is -0.172. The lowest BCUT2D eigenvalue weighted by atomic mass is 10.1. The molecule has 6 rings (SSSR count). The number of hydrogen-bond acceptors (Lipinski definition) is 7. The molecule has 0 radical (unpaired) electrons. The maximum absolute atomic E-state index is 13.1. The Kier molecular flexibility index (Phi) is 7.62. The molecule has 0 spiro atoms. The maximum Gasteiger partial charge on any atom is 0.255 e. The molecule has 0 aliphatic carbocycles. The Balaban J connectivity index is 1.21. The third-order valence-electron chi connectivity index (χ3n) is 7.01. The Morgan fingerprint density at radius 3 is 2.49 bits per heavy atom. The zero-order valence-corrected chi connectivity index (χ0v) is 23.2. The first-order valence-corrected chi connectivity index (χ1v) is 13.7. The van der Waals surface area contributed by atoms with Gasteiger partial charge in [0.15, 0.2) is 11.5 Å². The largest absolute Gasteiger partial charge is 0.378 e. The summed E-state index contributed by atoms with van der Waals surface area (Å²) in [5.41, 5.74) is 6.87. The molecule has 1 aliphatic heterocycles. The van der Waals surface area contributed by atoms with Gasteiger partial charge in [-0.3, -0.25) is 4.79 Å².